The number of hydrogen-bond acceptors (Lipinski definition) is 4. The van der Waals surface area contributed by atoms with Crippen molar-refractivity contribution in [2.24, 2.45) is 0 Å². The second-order valence-electron chi connectivity index (χ2n) is 3.38. The molecule has 0 unspecified atom stereocenters. The molecule has 0 amide bonds. The molecule has 17 heavy (non-hydrogen) atoms. The molecule has 4 heteroatoms. The van der Waals surface area contributed by atoms with Crippen LogP contribution in [0.5, 0.6) is 5.75 Å². The standard InChI is InChI=1S/C13H10N2O2/c16-11-4-1-10(2-5-11)3-6-13(17)12-9-14-7-8-15-12/h1-9,16H/b6-3+. The van der Waals surface area contributed by atoms with E-state index in [2.05, 4.69) is 9.97 Å². The van der Waals surface area contributed by atoms with Crippen LogP contribution in [-0.2, 0) is 0 Å². The largest absolute Gasteiger partial charge is 0.508 e. The third kappa shape index (κ3) is 2.98. The molecule has 0 aliphatic heterocycles. The lowest BCUT2D eigenvalue weighted by Gasteiger charge is -1.94. The number of ketones is 1. The van der Waals surface area contributed by atoms with E-state index in [1.165, 1.54) is 24.7 Å². The van der Waals surface area contributed by atoms with E-state index in [4.69, 9.17) is 5.11 Å². The first-order valence-electron chi connectivity index (χ1n) is 5.03. The van der Waals surface area contributed by atoms with E-state index in [9.17, 15) is 4.79 Å². The molecule has 2 aromatic rings. The molecule has 0 aliphatic carbocycles. The normalized spacial score (nSPS) is 10.6. The smallest absolute Gasteiger partial charge is 0.205 e. The van der Waals surface area contributed by atoms with Crippen molar-refractivity contribution in [1.29, 1.82) is 0 Å². The Balaban J connectivity index is 2.11. The van der Waals surface area contributed by atoms with Crippen LogP contribution in [0.4, 0.5) is 0 Å². The second kappa shape index (κ2) is 5.03. The molecule has 1 aromatic carbocycles. The van der Waals surface area contributed by atoms with Gasteiger partial charge in [0.15, 0.2) is 0 Å². The van der Waals surface area contributed by atoms with Gasteiger partial charge in [0.2, 0.25) is 5.78 Å². The minimum Gasteiger partial charge on any atom is -0.508 e. The van der Waals surface area contributed by atoms with Crippen LogP contribution in [-0.4, -0.2) is 20.9 Å². The van der Waals surface area contributed by atoms with Crippen molar-refractivity contribution in [1.82, 2.24) is 9.97 Å². The van der Waals surface area contributed by atoms with Crippen LogP contribution in [0.1, 0.15) is 16.1 Å². The van der Waals surface area contributed by atoms with Crippen molar-refractivity contribution in [2.75, 3.05) is 0 Å². The summed E-state index contributed by atoms with van der Waals surface area (Å²) < 4.78 is 0. The molecule has 1 heterocycles. The number of benzene rings is 1. The van der Waals surface area contributed by atoms with E-state index in [1.807, 2.05) is 0 Å². The van der Waals surface area contributed by atoms with Crippen LogP contribution in [0.3, 0.4) is 0 Å². The van der Waals surface area contributed by atoms with Crippen molar-refractivity contribution in [2.45, 2.75) is 0 Å². The Morgan fingerprint density at radius 2 is 1.94 bits per heavy atom. The number of phenolic OH excluding ortho intramolecular Hbond substituents is 1. The molecular weight excluding hydrogens is 216 g/mol. The quantitative estimate of drug-likeness (QED) is 0.642. The maximum Gasteiger partial charge on any atom is 0.205 e. The SMILES string of the molecule is O=C(/C=C/c1ccc(O)cc1)c1cnccn1. The molecule has 0 aliphatic rings. The minimum atomic E-state index is -0.203. The summed E-state index contributed by atoms with van der Waals surface area (Å²) >= 11 is 0. The van der Waals surface area contributed by atoms with E-state index >= 15 is 0 Å². The molecule has 0 bridgehead atoms. The van der Waals surface area contributed by atoms with Gasteiger partial charge >= 0.3 is 0 Å². The third-order valence-corrected chi connectivity index (χ3v) is 2.14. The molecule has 0 spiro atoms. The van der Waals surface area contributed by atoms with Gasteiger partial charge in [0.25, 0.3) is 0 Å². The van der Waals surface area contributed by atoms with E-state index in [-0.39, 0.29) is 11.5 Å². The summed E-state index contributed by atoms with van der Waals surface area (Å²) in [5.41, 5.74) is 1.14. The maximum absolute atomic E-state index is 11.6. The maximum atomic E-state index is 11.6. The zero-order valence-electron chi connectivity index (χ0n) is 8.95. The lowest BCUT2D eigenvalue weighted by Crippen LogP contribution is -1.97. The molecule has 0 radical (unpaired) electrons. The van der Waals surface area contributed by atoms with E-state index in [1.54, 1.807) is 30.3 Å². The fraction of sp³-hybridized carbons (Fsp3) is 0. The number of carbonyl (C=O) groups excluding carboxylic acids is 1. The Morgan fingerprint density at radius 1 is 1.18 bits per heavy atom. The second-order valence-corrected chi connectivity index (χ2v) is 3.38. The highest BCUT2D eigenvalue weighted by Gasteiger charge is 2.01. The third-order valence-electron chi connectivity index (χ3n) is 2.14. The van der Waals surface area contributed by atoms with Gasteiger partial charge in [-0.15, -0.1) is 0 Å². The Hall–Kier alpha value is -2.49. The Labute approximate surface area is 98.3 Å². The van der Waals surface area contributed by atoms with Crippen molar-refractivity contribution in [3.05, 3.63) is 60.2 Å². The number of rotatable bonds is 3. The average molecular weight is 226 g/mol. The number of carbonyl (C=O) groups is 1. The van der Waals surface area contributed by atoms with E-state index in [0.717, 1.165) is 5.56 Å². The zero-order chi connectivity index (χ0) is 12.1. The zero-order valence-corrected chi connectivity index (χ0v) is 8.95. The number of aromatic hydroxyl groups is 1. The number of phenols is 1. The highest BCUT2D eigenvalue weighted by atomic mass is 16.3. The first kappa shape index (κ1) is 11.0. The van der Waals surface area contributed by atoms with E-state index in [0.29, 0.717) is 5.69 Å². The highest BCUT2D eigenvalue weighted by molar-refractivity contribution is 6.05. The van der Waals surface area contributed by atoms with Gasteiger partial charge in [0.1, 0.15) is 11.4 Å². The Morgan fingerprint density at radius 3 is 2.59 bits per heavy atom. The first-order chi connectivity index (χ1) is 8.25. The highest BCUT2D eigenvalue weighted by Crippen LogP contribution is 2.11. The summed E-state index contributed by atoms with van der Waals surface area (Å²) in [6.45, 7) is 0. The fourth-order valence-corrected chi connectivity index (χ4v) is 1.27. The number of hydrogen-bond donors (Lipinski definition) is 1. The van der Waals surface area contributed by atoms with Crippen LogP contribution in [0.25, 0.3) is 6.08 Å². The molecule has 0 saturated heterocycles. The van der Waals surface area contributed by atoms with Gasteiger partial charge < -0.3 is 5.11 Å². The van der Waals surface area contributed by atoms with Gasteiger partial charge in [0, 0.05) is 12.4 Å². The Kier molecular flexibility index (Phi) is 3.25. The lowest BCUT2D eigenvalue weighted by molar-refractivity contribution is 0.104. The predicted molar refractivity (Wildman–Crippen MR) is 63.5 cm³/mol. The molecule has 1 aromatic heterocycles. The van der Waals surface area contributed by atoms with Crippen LogP contribution < -0.4 is 0 Å². The van der Waals surface area contributed by atoms with Crippen LogP contribution in [0.15, 0.2) is 48.9 Å². The fourth-order valence-electron chi connectivity index (χ4n) is 1.27. The Bertz CT molecular complexity index is 533. The number of allylic oxidation sites excluding steroid dienone is 1. The molecule has 1 N–H and O–H groups in total. The van der Waals surface area contributed by atoms with Gasteiger partial charge in [-0.1, -0.05) is 18.2 Å². The lowest BCUT2D eigenvalue weighted by atomic mass is 10.1. The summed E-state index contributed by atoms with van der Waals surface area (Å²) in [5, 5.41) is 9.10. The van der Waals surface area contributed by atoms with Crippen LogP contribution >= 0.6 is 0 Å². The van der Waals surface area contributed by atoms with Crippen molar-refractivity contribution < 1.29 is 9.90 Å². The summed E-state index contributed by atoms with van der Waals surface area (Å²) in [6.07, 6.45) is 7.50. The van der Waals surface area contributed by atoms with E-state index < -0.39 is 0 Å². The van der Waals surface area contributed by atoms with Gasteiger partial charge in [0.05, 0.1) is 6.20 Å². The summed E-state index contributed by atoms with van der Waals surface area (Å²) in [6, 6.07) is 6.56. The predicted octanol–water partition coefficient (Wildman–Crippen LogP) is 2.08. The topological polar surface area (TPSA) is 63.1 Å². The van der Waals surface area contributed by atoms with Crippen molar-refractivity contribution >= 4 is 11.9 Å². The molecular formula is C13H10N2O2. The molecule has 4 nitrogen and oxygen atoms in total. The molecule has 0 fully saturated rings. The summed E-state index contributed by atoms with van der Waals surface area (Å²) in [7, 11) is 0. The summed E-state index contributed by atoms with van der Waals surface area (Å²) in [5.74, 6) is -0.00595. The summed E-state index contributed by atoms with van der Waals surface area (Å²) in [4.78, 5) is 19.4. The molecule has 0 atom stereocenters. The van der Waals surface area contributed by atoms with Gasteiger partial charge in [-0.2, -0.15) is 0 Å². The van der Waals surface area contributed by atoms with Gasteiger partial charge in [-0.05, 0) is 23.8 Å². The number of nitrogens with zero attached hydrogens (tertiary/aromatic N) is 2. The first-order valence-corrected chi connectivity index (χ1v) is 5.03. The molecule has 2 rings (SSSR count). The molecule has 0 saturated carbocycles. The van der Waals surface area contributed by atoms with Gasteiger partial charge in [-0.3, -0.25) is 9.78 Å². The van der Waals surface area contributed by atoms with Crippen molar-refractivity contribution in [3.63, 3.8) is 0 Å². The molecule has 84 valence electrons. The number of aromatic nitrogens is 2. The van der Waals surface area contributed by atoms with Crippen LogP contribution in [0, 0.1) is 0 Å². The van der Waals surface area contributed by atoms with Gasteiger partial charge in [-0.25, -0.2) is 4.98 Å². The van der Waals surface area contributed by atoms with Crippen LogP contribution in [0.2, 0.25) is 0 Å². The monoisotopic (exact) mass is 226 g/mol. The minimum absolute atomic E-state index is 0.197. The van der Waals surface area contributed by atoms with Crippen molar-refractivity contribution in [3.8, 4) is 5.75 Å². The average Bonchev–Trinajstić information content (AvgIpc) is 2.39.